The Morgan fingerprint density at radius 1 is 0.750 bits per heavy atom. The highest BCUT2D eigenvalue weighted by atomic mass is 79.9. The first kappa shape index (κ1) is 17.1. The molecule has 0 aliphatic heterocycles. The lowest BCUT2D eigenvalue weighted by molar-refractivity contribution is 0.305. The second-order valence-corrected chi connectivity index (χ2v) is 7.06. The fourth-order valence-electron chi connectivity index (χ4n) is 2.31. The Labute approximate surface area is 159 Å². The third-order valence-electron chi connectivity index (χ3n) is 3.63. The zero-order valence-corrected chi connectivity index (χ0v) is 16.2. The molecule has 0 aliphatic carbocycles. The van der Waals surface area contributed by atoms with Crippen LogP contribution in [-0.2, 0) is 13.2 Å². The molecule has 2 nitrogen and oxygen atoms in total. The number of halogens is 2. The molecule has 3 aromatic carbocycles. The van der Waals surface area contributed by atoms with E-state index in [9.17, 15) is 0 Å². The van der Waals surface area contributed by atoms with E-state index in [1.165, 1.54) is 5.56 Å². The number of hydrogen-bond acceptors (Lipinski definition) is 2. The van der Waals surface area contributed by atoms with Gasteiger partial charge in [-0.2, -0.15) is 0 Å². The van der Waals surface area contributed by atoms with Gasteiger partial charge < -0.3 is 10.1 Å². The third-order valence-corrected chi connectivity index (χ3v) is 5.17. The van der Waals surface area contributed by atoms with E-state index >= 15 is 0 Å². The normalized spacial score (nSPS) is 10.4. The average molecular weight is 447 g/mol. The van der Waals surface area contributed by atoms with Crippen LogP contribution in [0.25, 0.3) is 0 Å². The van der Waals surface area contributed by atoms with E-state index in [1.807, 2.05) is 60.7 Å². The van der Waals surface area contributed by atoms with Gasteiger partial charge in [0.2, 0.25) is 0 Å². The Morgan fingerprint density at radius 3 is 2.12 bits per heavy atom. The van der Waals surface area contributed by atoms with Gasteiger partial charge in [-0.15, -0.1) is 0 Å². The molecule has 0 aliphatic rings. The van der Waals surface area contributed by atoms with E-state index in [4.69, 9.17) is 4.74 Å². The van der Waals surface area contributed by atoms with E-state index in [1.54, 1.807) is 0 Å². The standard InChI is InChI=1S/C20H17Br2NO/c21-19-10-3-1-6-15(19)13-23-17-8-5-9-18(12-17)24-14-16-7-2-4-11-20(16)22/h1-12,23H,13-14H2. The Hall–Kier alpha value is -1.78. The Balaban J connectivity index is 1.62. The first-order valence-corrected chi connectivity index (χ1v) is 9.24. The molecule has 4 heteroatoms. The zero-order chi connectivity index (χ0) is 16.8. The van der Waals surface area contributed by atoms with Crippen molar-refractivity contribution in [1.29, 1.82) is 0 Å². The molecule has 0 unspecified atom stereocenters. The van der Waals surface area contributed by atoms with Crippen molar-refractivity contribution in [2.75, 3.05) is 5.32 Å². The van der Waals surface area contributed by atoms with Crippen LogP contribution in [0, 0.1) is 0 Å². The second kappa shape index (κ2) is 8.36. The Kier molecular flexibility index (Phi) is 5.94. The lowest BCUT2D eigenvalue weighted by atomic mass is 10.2. The van der Waals surface area contributed by atoms with Crippen molar-refractivity contribution in [2.45, 2.75) is 13.2 Å². The molecule has 0 amide bonds. The summed E-state index contributed by atoms with van der Waals surface area (Å²) in [5, 5.41) is 3.43. The smallest absolute Gasteiger partial charge is 0.121 e. The largest absolute Gasteiger partial charge is 0.489 e. The van der Waals surface area contributed by atoms with Gasteiger partial charge in [0, 0.05) is 32.8 Å². The third kappa shape index (κ3) is 4.62. The topological polar surface area (TPSA) is 21.3 Å². The predicted octanol–water partition coefficient (Wildman–Crippen LogP) is 6.40. The summed E-state index contributed by atoms with van der Waals surface area (Å²) >= 11 is 7.12. The van der Waals surface area contributed by atoms with E-state index in [-0.39, 0.29) is 0 Å². The molecule has 122 valence electrons. The first-order valence-electron chi connectivity index (χ1n) is 7.66. The molecular weight excluding hydrogens is 430 g/mol. The van der Waals surface area contributed by atoms with Crippen LogP contribution in [0.1, 0.15) is 11.1 Å². The van der Waals surface area contributed by atoms with Crippen LogP contribution in [-0.4, -0.2) is 0 Å². The number of ether oxygens (including phenoxy) is 1. The molecule has 0 fully saturated rings. The van der Waals surface area contributed by atoms with Crippen molar-refractivity contribution in [3.8, 4) is 5.75 Å². The molecule has 1 N–H and O–H groups in total. The summed E-state index contributed by atoms with van der Waals surface area (Å²) in [6.07, 6.45) is 0. The fraction of sp³-hybridized carbons (Fsp3) is 0.100. The maximum atomic E-state index is 5.91. The van der Waals surface area contributed by atoms with Gasteiger partial charge in [-0.3, -0.25) is 0 Å². The van der Waals surface area contributed by atoms with E-state index in [0.717, 1.165) is 32.5 Å². The molecular formula is C20H17Br2NO. The highest BCUT2D eigenvalue weighted by molar-refractivity contribution is 9.10. The lowest BCUT2D eigenvalue weighted by Gasteiger charge is -2.11. The van der Waals surface area contributed by atoms with Gasteiger partial charge in [-0.1, -0.05) is 74.3 Å². The van der Waals surface area contributed by atoms with Crippen molar-refractivity contribution < 1.29 is 4.74 Å². The van der Waals surface area contributed by atoms with Crippen molar-refractivity contribution >= 4 is 37.5 Å². The summed E-state index contributed by atoms with van der Waals surface area (Å²) in [5.41, 5.74) is 3.39. The molecule has 3 rings (SSSR count). The minimum atomic E-state index is 0.537. The SMILES string of the molecule is Brc1ccccc1CNc1cccc(OCc2ccccc2Br)c1. The van der Waals surface area contributed by atoms with Gasteiger partial charge in [-0.05, 0) is 29.8 Å². The predicted molar refractivity (Wildman–Crippen MR) is 106 cm³/mol. The molecule has 0 spiro atoms. The fourth-order valence-corrected chi connectivity index (χ4v) is 3.14. The van der Waals surface area contributed by atoms with Gasteiger partial charge in [0.1, 0.15) is 12.4 Å². The van der Waals surface area contributed by atoms with Crippen LogP contribution in [0.2, 0.25) is 0 Å². The number of hydrogen-bond donors (Lipinski definition) is 1. The molecule has 3 aromatic rings. The summed E-state index contributed by atoms with van der Waals surface area (Å²) < 4.78 is 8.08. The lowest BCUT2D eigenvalue weighted by Crippen LogP contribution is -2.01. The van der Waals surface area contributed by atoms with Gasteiger partial charge in [0.05, 0.1) is 0 Å². The quantitative estimate of drug-likeness (QED) is 0.472. The highest BCUT2D eigenvalue weighted by Crippen LogP contribution is 2.23. The first-order chi connectivity index (χ1) is 11.7. The maximum absolute atomic E-state index is 5.91. The van der Waals surface area contributed by atoms with Crippen LogP contribution in [0.15, 0.2) is 81.7 Å². The Bertz CT molecular complexity index is 755. The van der Waals surface area contributed by atoms with Crippen molar-refractivity contribution in [3.63, 3.8) is 0 Å². The van der Waals surface area contributed by atoms with Gasteiger partial charge in [0.15, 0.2) is 0 Å². The maximum Gasteiger partial charge on any atom is 0.121 e. The van der Waals surface area contributed by atoms with Crippen molar-refractivity contribution in [2.24, 2.45) is 0 Å². The van der Waals surface area contributed by atoms with Crippen molar-refractivity contribution in [1.82, 2.24) is 0 Å². The summed E-state index contributed by atoms with van der Waals surface area (Å²) in [6, 6.07) is 24.3. The van der Waals surface area contributed by atoms with Crippen molar-refractivity contribution in [3.05, 3.63) is 92.9 Å². The minimum absolute atomic E-state index is 0.537. The summed E-state index contributed by atoms with van der Waals surface area (Å²) in [5.74, 6) is 0.850. The molecule has 0 saturated carbocycles. The van der Waals surface area contributed by atoms with Gasteiger partial charge in [-0.25, -0.2) is 0 Å². The molecule has 24 heavy (non-hydrogen) atoms. The van der Waals surface area contributed by atoms with Crippen LogP contribution < -0.4 is 10.1 Å². The number of rotatable bonds is 6. The van der Waals surface area contributed by atoms with Crippen LogP contribution >= 0.6 is 31.9 Å². The molecule has 0 bridgehead atoms. The molecule has 0 radical (unpaired) electrons. The minimum Gasteiger partial charge on any atom is -0.489 e. The van der Waals surface area contributed by atoms with E-state index in [0.29, 0.717) is 6.61 Å². The second-order valence-electron chi connectivity index (χ2n) is 5.35. The van der Waals surface area contributed by atoms with E-state index < -0.39 is 0 Å². The summed E-state index contributed by atoms with van der Waals surface area (Å²) in [7, 11) is 0. The molecule has 0 aromatic heterocycles. The molecule has 0 atom stereocenters. The Morgan fingerprint density at radius 2 is 1.42 bits per heavy atom. The van der Waals surface area contributed by atoms with Crippen LogP contribution in [0.3, 0.4) is 0 Å². The monoisotopic (exact) mass is 445 g/mol. The molecule has 0 saturated heterocycles. The zero-order valence-electron chi connectivity index (χ0n) is 13.0. The van der Waals surface area contributed by atoms with Crippen LogP contribution in [0.4, 0.5) is 5.69 Å². The number of benzene rings is 3. The summed E-state index contributed by atoms with van der Waals surface area (Å²) in [6.45, 7) is 1.30. The molecule has 0 heterocycles. The average Bonchev–Trinajstić information content (AvgIpc) is 2.61. The summed E-state index contributed by atoms with van der Waals surface area (Å²) in [4.78, 5) is 0. The van der Waals surface area contributed by atoms with Crippen LogP contribution in [0.5, 0.6) is 5.75 Å². The van der Waals surface area contributed by atoms with Gasteiger partial charge in [0.25, 0.3) is 0 Å². The number of nitrogens with one attached hydrogen (secondary N) is 1. The highest BCUT2D eigenvalue weighted by Gasteiger charge is 2.02. The number of anilines is 1. The van der Waals surface area contributed by atoms with E-state index in [2.05, 4.69) is 49.3 Å². The van der Waals surface area contributed by atoms with Gasteiger partial charge >= 0.3 is 0 Å².